The second-order valence-corrected chi connectivity index (χ2v) is 6.31. The standard InChI is InChI=1S/C16H28N4O/c1-11-7-8-12(2)20(11)14(4)16(21)17-9-5-6-15-10-18-19-13(15)3/h10-12,14H,5-9H2,1-4H3,(H,17,21)(H,18,19). The normalized spacial score (nSPS) is 24.2. The molecule has 2 heterocycles. The molecule has 0 bridgehead atoms. The molecule has 0 spiro atoms. The molecule has 0 aromatic carbocycles. The Kier molecular flexibility index (Phi) is 5.39. The summed E-state index contributed by atoms with van der Waals surface area (Å²) in [5.74, 6) is 0.152. The van der Waals surface area contributed by atoms with Crippen LogP contribution in [0.2, 0.25) is 0 Å². The van der Waals surface area contributed by atoms with Crippen LogP contribution in [0, 0.1) is 6.92 Å². The SMILES string of the molecule is Cc1[nH]ncc1CCCNC(=O)C(C)N1C(C)CCC1C. The number of aromatic amines is 1. The molecule has 1 amide bonds. The maximum atomic E-state index is 12.3. The molecule has 1 aromatic heterocycles. The number of amides is 1. The van der Waals surface area contributed by atoms with Gasteiger partial charge in [0.2, 0.25) is 5.91 Å². The minimum atomic E-state index is -0.0341. The fourth-order valence-corrected chi connectivity index (χ4v) is 3.38. The van der Waals surface area contributed by atoms with Crippen molar-refractivity contribution < 1.29 is 4.79 Å². The molecule has 21 heavy (non-hydrogen) atoms. The van der Waals surface area contributed by atoms with E-state index < -0.39 is 0 Å². The summed E-state index contributed by atoms with van der Waals surface area (Å²) in [6, 6.07) is 0.983. The highest BCUT2D eigenvalue weighted by Crippen LogP contribution is 2.25. The summed E-state index contributed by atoms with van der Waals surface area (Å²) in [4.78, 5) is 14.6. The van der Waals surface area contributed by atoms with Crippen molar-refractivity contribution in [2.45, 2.75) is 71.5 Å². The van der Waals surface area contributed by atoms with Crippen molar-refractivity contribution >= 4 is 5.91 Å². The number of aromatic nitrogens is 2. The predicted molar refractivity (Wildman–Crippen MR) is 84.1 cm³/mol. The van der Waals surface area contributed by atoms with Crippen LogP contribution in [0.3, 0.4) is 0 Å². The summed E-state index contributed by atoms with van der Waals surface area (Å²) in [5.41, 5.74) is 2.36. The van der Waals surface area contributed by atoms with Gasteiger partial charge in [-0.3, -0.25) is 14.8 Å². The quantitative estimate of drug-likeness (QED) is 0.789. The van der Waals surface area contributed by atoms with Gasteiger partial charge in [-0.1, -0.05) is 0 Å². The molecule has 0 saturated carbocycles. The Bertz CT molecular complexity index is 461. The number of likely N-dealkylation sites (tertiary alicyclic amines) is 1. The van der Waals surface area contributed by atoms with Crippen molar-refractivity contribution in [3.8, 4) is 0 Å². The molecule has 3 atom stereocenters. The van der Waals surface area contributed by atoms with Crippen LogP contribution in [-0.4, -0.2) is 45.7 Å². The van der Waals surface area contributed by atoms with Gasteiger partial charge in [0.05, 0.1) is 12.2 Å². The third kappa shape index (κ3) is 3.84. The van der Waals surface area contributed by atoms with Crippen LogP contribution in [0.4, 0.5) is 0 Å². The Balaban J connectivity index is 1.73. The number of carbonyl (C=O) groups is 1. The Labute approximate surface area is 127 Å². The van der Waals surface area contributed by atoms with E-state index >= 15 is 0 Å². The van der Waals surface area contributed by atoms with Crippen molar-refractivity contribution in [3.63, 3.8) is 0 Å². The van der Waals surface area contributed by atoms with Gasteiger partial charge in [-0.25, -0.2) is 0 Å². The summed E-state index contributed by atoms with van der Waals surface area (Å²) in [6.07, 6.45) is 6.15. The second kappa shape index (κ2) is 7.07. The number of rotatable bonds is 6. The summed E-state index contributed by atoms with van der Waals surface area (Å²) < 4.78 is 0. The van der Waals surface area contributed by atoms with Crippen LogP contribution in [-0.2, 0) is 11.2 Å². The highest BCUT2D eigenvalue weighted by molar-refractivity contribution is 5.81. The van der Waals surface area contributed by atoms with E-state index in [1.54, 1.807) is 0 Å². The van der Waals surface area contributed by atoms with Gasteiger partial charge in [0.25, 0.3) is 0 Å². The van der Waals surface area contributed by atoms with Gasteiger partial charge in [-0.2, -0.15) is 5.10 Å². The van der Waals surface area contributed by atoms with Gasteiger partial charge < -0.3 is 5.32 Å². The number of hydrogen-bond donors (Lipinski definition) is 2. The number of H-pyrrole nitrogens is 1. The Hall–Kier alpha value is -1.36. The third-order valence-corrected chi connectivity index (χ3v) is 4.70. The molecule has 1 aromatic rings. The van der Waals surface area contributed by atoms with Crippen molar-refractivity contribution in [1.29, 1.82) is 0 Å². The number of carbonyl (C=O) groups excluding carboxylic acids is 1. The van der Waals surface area contributed by atoms with Gasteiger partial charge in [-0.05, 0) is 58.9 Å². The zero-order chi connectivity index (χ0) is 15.4. The van der Waals surface area contributed by atoms with E-state index in [-0.39, 0.29) is 11.9 Å². The van der Waals surface area contributed by atoms with Crippen molar-refractivity contribution in [2.75, 3.05) is 6.54 Å². The predicted octanol–water partition coefficient (Wildman–Crippen LogP) is 2.03. The van der Waals surface area contributed by atoms with Gasteiger partial charge in [-0.15, -0.1) is 0 Å². The maximum Gasteiger partial charge on any atom is 0.237 e. The molecule has 118 valence electrons. The molecule has 1 aliphatic rings. The fraction of sp³-hybridized carbons (Fsp3) is 0.750. The molecular weight excluding hydrogens is 264 g/mol. The fourth-order valence-electron chi connectivity index (χ4n) is 3.38. The Morgan fingerprint density at radius 2 is 2.14 bits per heavy atom. The molecule has 1 saturated heterocycles. The number of nitrogens with zero attached hydrogens (tertiary/aromatic N) is 2. The lowest BCUT2D eigenvalue weighted by molar-refractivity contribution is -0.126. The maximum absolute atomic E-state index is 12.3. The van der Waals surface area contributed by atoms with E-state index in [2.05, 4.69) is 34.3 Å². The van der Waals surface area contributed by atoms with Gasteiger partial charge in [0.15, 0.2) is 0 Å². The van der Waals surface area contributed by atoms with Crippen LogP contribution in [0.25, 0.3) is 0 Å². The zero-order valence-corrected chi connectivity index (χ0v) is 13.6. The first-order valence-corrected chi connectivity index (χ1v) is 8.04. The van der Waals surface area contributed by atoms with Gasteiger partial charge in [0, 0.05) is 24.3 Å². The van der Waals surface area contributed by atoms with Gasteiger partial charge >= 0.3 is 0 Å². The number of hydrogen-bond acceptors (Lipinski definition) is 3. The second-order valence-electron chi connectivity index (χ2n) is 6.31. The van der Waals surface area contributed by atoms with E-state index in [0.29, 0.717) is 12.1 Å². The smallest absolute Gasteiger partial charge is 0.237 e. The van der Waals surface area contributed by atoms with E-state index in [0.717, 1.165) is 25.1 Å². The van der Waals surface area contributed by atoms with E-state index in [4.69, 9.17) is 0 Å². The molecule has 0 radical (unpaired) electrons. The molecule has 1 fully saturated rings. The Morgan fingerprint density at radius 1 is 1.48 bits per heavy atom. The molecule has 2 N–H and O–H groups in total. The summed E-state index contributed by atoms with van der Waals surface area (Å²) in [6.45, 7) is 9.21. The van der Waals surface area contributed by atoms with Gasteiger partial charge in [0.1, 0.15) is 0 Å². The van der Waals surface area contributed by atoms with Crippen LogP contribution in [0.1, 0.15) is 51.3 Å². The minimum absolute atomic E-state index is 0.0341. The largest absolute Gasteiger partial charge is 0.355 e. The lowest BCUT2D eigenvalue weighted by Gasteiger charge is -2.31. The molecule has 5 heteroatoms. The highest BCUT2D eigenvalue weighted by atomic mass is 16.2. The highest BCUT2D eigenvalue weighted by Gasteiger charge is 2.33. The molecule has 1 aliphatic heterocycles. The van der Waals surface area contributed by atoms with E-state index in [1.807, 2.05) is 20.0 Å². The molecule has 0 aliphatic carbocycles. The van der Waals surface area contributed by atoms with Crippen LogP contribution >= 0.6 is 0 Å². The Morgan fingerprint density at radius 3 is 2.71 bits per heavy atom. The first kappa shape index (κ1) is 16.0. The molecular formula is C16H28N4O. The van der Waals surface area contributed by atoms with Crippen molar-refractivity contribution in [1.82, 2.24) is 20.4 Å². The van der Waals surface area contributed by atoms with Crippen molar-refractivity contribution in [2.24, 2.45) is 0 Å². The van der Waals surface area contributed by atoms with Crippen LogP contribution in [0.15, 0.2) is 6.20 Å². The lowest BCUT2D eigenvalue weighted by atomic mass is 10.1. The van der Waals surface area contributed by atoms with Crippen LogP contribution < -0.4 is 5.32 Å². The average molecular weight is 292 g/mol. The zero-order valence-electron chi connectivity index (χ0n) is 13.6. The third-order valence-electron chi connectivity index (χ3n) is 4.70. The van der Waals surface area contributed by atoms with E-state index in [9.17, 15) is 4.79 Å². The first-order valence-electron chi connectivity index (χ1n) is 8.04. The van der Waals surface area contributed by atoms with Crippen molar-refractivity contribution in [3.05, 3.63) is 17.5 Å². The molecule has 5 nitrogen and oxygen atoms in total. The molecule has 2 rings (SSSR count). The summed E-state index contributed by atoms with van der Waals surface area (Å²) in [5, 5.41) is 10.0. The van der Waals surface area contributed by atoms with E-state index in [1.165, 1.54) is 18.4 Å². The minimum Gasteiger partial charge on any atom is -0.355 e. The summed E-state index contributed by atoms with van der Waals surface area (Å²) >= 11 is 0. The lowest BCUT2D eigenvalue weighted by Crippen LogP contribution is -2.49. The topological polar surface area (TPSA) is 61.0 Å². The monoisotopic (exact) mass is 292 g/mol. The molecule has 3 unspecified atom stereocenters. The summed E-state index contributed by atoms with van der Waals surface area (Å²) in [7, 11) is 0. The average Bonchev–Trinajstić information content (AvgIpc) is 3.00. The number of aryl methyl sites for hydroxylation is 2. The first-order chi connectivity index (χ1) is 10.0. The van der Waals surface area contributed by atoms with Crippen LogP contribution in [0.5, 0.6) is 0 Å². The number of nitrogens with one attached hydrogen (secondary N) is 2.